The number of halogens is 1. The minimum atomic E-state index is 0. The number of nitrogens with one attached hydrogen (secondary N) is 2. The average Bonchev–Trinajstić information content (AvgIpc) is 3.07. The number of aromatic nitrogens is 1. The number of hydrogen-bond acceptors (Lipinski definition) is 4. The van der Waals surface area contributed by atoms with Crippen molar-refractivity contribution in [3.63, 3.8) is 0 Å². The van der Waals surface area contributed by atoms with E-state index in [9.17, 15) is 0 Å². The maximum Gasteiger partial charge on any atom is 0.226 e. The van der Waals surface area contributed by atoms with Gasteiger partial charge in [0.25, 0.3) is 0 Å². The second kappa shape index (κ2) is 10.7. The topological polar surface area (TPSA) is 65.7 Å². The molecule has 2 N–H and O–H groups in total. The maximum atomic E-state index is 5.60. The Hall–Kier alpha value is -1.61. The lowest BCUT2D eigenvalue weighted by Crippen LogP contribution is -2.50. The summed E-state index contributed by atoms with van der Waals surface area (Å²) >= 11 is 0. The number of rotatable bonds is 7. The maximum absolute atomic E-state index is 5.60. The molecule has 2 rings (SSSR count). The first-order valence-electron chi connectivity index (χ1n) is 9.03. The van der Waals surface area contributed by atoms with E-state index in [1.54, 1.807) is 6.26 Å². The summed E-state index contributed by atoms with van der Waals surface area (Å²) in [5.41, 5.74) is 3.03. The van der Waals surface area contributed by atoms with E-state index in [2.05, 4.69) is 79.4 Å². The van der Waals surface area contributed by atoms with Gasteiger partial charge in [0.2, 0.25) is 5.89 Å². The highest BCUT2D eigenvalue weighted by molar-refractivity contribution is 14.0. The molecule has 1 heterocycles. The zero-order valence-electron chi connectivity index (χ0n) is 17.2. The van der Waals surface area contributed by atoms with E-state index in [0.29, 0.717) is 12.4 Å². The molecule has 6 nitrogen and oxygen atoms in total. The third-order valence-electron chi connectivity index (χ3n) is 4.49. The number of likely N-dealkylation sites (N-methyl/N-ethyl adjacent to an activating group) is 1. The molecule has 0 fully saturated rings. The van der Waals surface area contributed by atoms with Crippen molar-refractivity contribution in [3.05, 3.63) is 41.8 Å². The van der Waals surface area contributed by atoms with Crippen LogP contribution in [0.4, 0.5) is 0 Å². The Labute approximate surface area is 179 Å². The van der Waals surface area contributed by atoms with E-state index in [0.717, 1.165) is 30.3 Å². The fourth-order valence-electron chi connectivity index (χ4n) is 2.17. The first-order chi connectivity index (χ1) is 12.3. The molecule has 0 atom stereocenters. The number of aliphatic imine (C=N–C) groups is 1. The van der Waals surface area contributed by atoms with Crippen molar-refractivity contribution in [1.29, 1.82) is 0 Å². The summed E-state index contributed by atoms with van der Waals surface area (Å²) in [5, 5.41) is 6.67. The van der Waals surface area contributed by atoms with Gasteiger partial charge in [0.05, 0.1) is 6.54 Å². The van der Waals surface area contributed by atoms with Crippen LogP contribution in [-0.2, 0) is 6.54 Å². The number of benzene rings is 1. The molecule has 0 radical (unpaired) electrons. The summed E-state index contributed by atoms with van der Waals surface area (Å²) in [7, 11) is 4.15. The van der Waals surface area contributed by atoms with Crippen molar-refractivity contribution >= 4 is 29.9 Å². The smallest absolute Gasteiger partial charge is 0.226 e. The van der Waals surface area contributed by atoms with Gasteiger partial charge >= 0.3 is 0 Å². The molecule has 0 unspecified atom stereocenters. The fourth-order valence-corrected chi connectivity index (χ4v) is 2.17. The second-order valence-electron chi connectivity index (χ2n) is 7.27. The summed E-state index contributed by atoms with van der Waals surface area (Å²) in [4.78, 5) is 11.4. The van der Waals surface area contributed by atoms with Crippen molar-refractivity contribution < 1.29 is 4.42 Å². The zero-order valence-corrected chi connectivity index (χ0v) is 19.5. The summed E-state index contributed by atoms with van der Waals surface area (Å²) in [6, 6.07) is 8.14. The van der Waals surface area contributed by atoms with Crippen LogP contribution in [0.15, 0.2) is 39.9 Å². The Morgan fingerprint density at radius 1 is 1.19 bits per heavy atom. The molecular formula is C20H32IN5O. The van der Waals surface area contributed by atoms with E-state index in [-0.39, 0.29) is 29.5 Å². The van der Waals surface area contributed by atoms with E-state index in [1.165, 1.54) is 5.56 Å². The summed E-state index contributed by atoms with van der Waals surface area (Å²) < 4.78 is 5.60. The highest BCUT2D eigenvalue weighted by Crippen LogP contribution is 2.19. The number of hydrogen-bond donors (Lipinski definition) is 2. The lowest BCUT2D eigenvalue weighted by Gasteiger charge is -2.33. The summed E-state index contributed by atoms with van der Waals surface area (Å²) in [6.45, 7) is 10.6. The van der Waals surface area contributed by atoms with Crippen LogP contribution in [0.5, 0.6) is 0 Å². The normalized spacial score (nSPS) is 12.0. The molecule has 1 aromatic carbocycles. The minimum Gasteiger partial charge on any atom is -0.444 e. The van der Waals surface area contributed by atoms with Crippen LogP contribution in [0.1, 0.15) is 32.0 Å². The summed E-state index contributed by atoms with van der Waals surface area (Å²) in [6.07, 6.45) is 1.67. The minimum absolute atomic E-state index is 0. The van der Waals surface area contributed by atoms with Crippen LogP contribution in [0.2, 0.25) is 0 Å². The fraction of sp³-hybridized carbons (Fsp3) is 0.500. The monoisotopic (exact) mass is 485 g/mol. The SMILES string of the molecule is CCNC(=NCc1coc(-c2ccc(C)cc2)n1)NCC(C)(C)N(C)C.I. The van der Waals surface area contributed by atoms with Crippen LogP contribution >= 0.6 is 24.0 Å². The molecule has 7 heteroatoms. The quantitative estimate of drug-likeness (QED) is 0.356. The molecule has 0 aliphatic carbocycles. The average molecular weight is 485 g/mol. The van der Waals surface area contributed by atoms with Crippen LogP contribution < -0.4 is 10.6 Å². The highest BCUT2D eigenvalue weighted by atomic mass is 127. The molecule has 150 valence electrons. The lowest BCUT2D eigenvalue weighted by atomic mass is 10.0. The lowest BCUT2D eigenvalue weighted by molar-refractivity contribution is 0.197. The van der Waals surface area contributed by atoms with Gasteiger partial charge in [-0.25, -0.2) is 9.98 Å². The van der Waals surface area contributed by atoms with Crippen molar-refractivity contribution in [2.45, 2.75) is 39.8 Å². The molecule has 0 bridgehead atoms. The number of guanidine groups is 1. The predicted octanol–water partition coefficient (Wildman–Crippen LogP) is 3.66. The standard InChI is InChI=1S/C20H31N5O.HI/c1-7-21-19(23-14-20(3,4)25(5)6)22-12-17-13-26-18(24-17)16-10-8-15(2)9-11-16;/h8-11,13H,7,12,14H2,1-6H3,(H2,21,22,23);1H. The van der Waals surface area contributed by atoms with Crippen molar-refractivity contribution in [3.8, 4) is 11.5 Å². The van der Waals surface area contributed by atoms with Crippen molar-refractivity contribution in [2.24, 2.45) is 4.99 Å². The van der Waals surface area contributed by atoms with Gasteiger partial charge in [0.15, 0.2) is 5.96 Å². The third-order valence-corrected chi connectivity index (χ3v) is 4.49. The van der Waals surface area contributed by atoms with Crippen LogP contribution in [0.25, 0.3) is 11.5 Å². The molecule has 0 aliphatic heterocycles. The third kappa shape index (κ3) is 7.14. The van der Waals surface area contributed by atoms with Crippen LogP contribution in [0, 0.1) is 6.92 Å². The van der Waals surface area contributed by atoms with Gasteiger partial charge in [0, 0.05) is 24.2 Å². The first kappa shape index (κ1) is 23.4. The molecule has 1 aromatic heterocycles. The van der Waals surface area contributed by atoms with Gasteiger partial charge < -0.3 is 20.0 Å². The van der Waals surface area contributed by atoms with E-state index in [4.69, 9.17) is 4.42 Å². The van der Waals surface area contributed by atoms with Gasteiger partial charge in [0.1, 0.15) is 12.0 Å². The molecular weight excluding hydrogens is 453 g/mol. The Kier molecular flexibility index (Phi) is 9.25. The largest absolute Gasteiger partial charge is 0.444 e. The number of aryl methyl sites for hydroxylation is 1. The Balaban J connectivity index is 0.00000364. The van der Waals surface area contributed by atoms with E-state index >= 15 is 0 Å². The molecule has 2 aromatic rings. The number of nitrogens with zero attached hydrogens (tertiary/aromatic N) is 3. The zero-order chi connectivity index (χ0) is 19.2. The Morgan fingerprint density at radius 3 is 2.44 bits per heavy atom. The second-order valence-corrected chi connectivity index (χ2v) is 7.27. The first-order valence-corrected chi connectivity index (χ1v) is 9.03. The Morgan fingerprint density at radius 2 is 1.85 bits per heavy atom. The van der Waals surface area contributed by atoms with Crippen molar-refractivity contribution in [1.82, 2.24) is 20.5 Å². The molecule has 0 aliphatic rings. The van der Waals surface area contributed by atoms with Gasteiger partial charge in [-0.15, -0.1) is 24.0 Å². The predicted molar refractivity (Wildman–Crippen MR) is 123 cm³/mol. The van der Waals surface area contributed by atoms with E-state index < -0.39 is 0 Å². The molecule has 0 amide bonds. The van der Waals surface area contributed by atoms with Gasteiger partial charge in [-0.05, 0) is 53.9 Å². The van der Waals surface area contributed by atoms with Gasteiger partial charge in [-0.1, -0.05) is 17.7 Å². The summed E-state index contributed by atoms with van der Waals surface area (Å²) in [5.74, 6) is 1.41. The Bertz CT molecular complexity index is 722. The molecule has 0 spiro atoms. The van der Waals surface area contributed by atoms with Gasteiger partial charge in [-0.3, -0.25) is 0 Å². The molecule has 27 heavy (non-hydrogen) atoms. The van der Waals surface area contributed by atoms with Crippen LogP contribution in [-0.4, -0.2) is 48.6 Å². The van der Waals surface area contributed by atoms with Crippen LogP contribution in [0.3, 0.4) is 0 Å². The van der Waals surface area contributed by atoms with Gasteiger partial charge in [-0.2, -0.15) is 0 Å². The number of oxazole rings is 1. The molecule has 0 saturated heterocycles. The highest BCUT2D eigenvalue weighted by Gasteiger charge is 2.20. The van der Waals surface area contributed by atoms with Crippen molar-refractivity contribution in [2.75, 3.05) is 27.2 Å². The molecule has 0 saturated carbocycles. The van der Waals surface area contributed by atoms with E-state index in [1.807, 2.05) is 12.1 Å².